The molecule has 0 saturated heterocycles. The lowest BCUT2D eigenvalue weighted by molar-refractivity contribution is -0.152. The first kappa shape index (κ1) is 21.7. The summed E-state index contributed by atoms with van der Waals surface area (Å²) in [5.41, 5.74) is 4.52. The Kier molecular flexibility index (Phi) is 5.96. The van der Waals surface area contributed by atoms with Crippen LogP contribution in [0.3, 0.4) is 0 Å². The minimum atomic E-state index is -0.877. The van der Waals surface area contributed by atoms with Crippen molar-refractivity contribution in [1.82, 2.24) is 0 Å². The number of hydrogen-bond donors (Lipinski definition) is 2. The van der Waals surface area contributed by atoms with Gasteiger partial charge in [0, 0.05) is 17.5 Å². The predicted octanol–water partition coefficient (Wildman–Crippen LogP) is 6.19. The summed E-state index contributed by atoms with van der Waals surface area (Å²) in [5, 5.41) is 13.2. The molecule has 4 aromatic carbocycles. The highest BCUT2D eigenvalue weighted by Crippen LogP contribution is 2.57. The summed E-state index contributed by atoms with van der Waals surface area (Å²) in [7, 11) is 0. The van der Waals surface area contributed by atoms with Gasteiger partial charge in [0.25, 0.3) is 0 Å². The van der Waals surface area contributed by atoms with Gasteiger partial charge in [0.15, 0.2) is 0 Å². The molecule has 4 heteroatoms. The van der Waals surface area contributed by atoms with Crippen LogP contribution in [0.15, 0.2) is 115 Å². The van der Waals surface area contributed by atoms with E-state index in [9.17, 15) is 14.7 Å². The monoisotopic (exact) mass is 447 g/mol. The highest BCUT2D eigenvalue weighted by molar-refractivity contribution is 5.97. The van der Waals surface area contributed by atoms with Crippen LogP contribution < -0.4 is 5.32 Å². The number of nitrogens with one attached hydrogen (secondary N) is 1. The molecule has 0 radical (unpaired) electrons. The van der Waals surface area contributed by atoms with E-state index in [1.807, 2.05) is 115 Å². The average molecular weight is 448 g/mol. The van der Waals surface area contributed by atoms with Gasteiger partial charge in [-0.3, -0.25) is 9.59 Å². The van der Waals surface area contributed by atoms with Crippen molar-refractivity contribution in [2.75, 3.05) is 5.32 Å². The number of carbonyl (C=O) groups excluding carboxylic acids is 1. The Balaban J connectivity index is 1.49. The number of carboxylic acid groups (broad SMARTS) is 1. The van der Waals surface area contributed by atoms with Crippen molar-refractivity contribution in [1.29, 1.82) is 0 Å². The zero-order valence-electron chi connectivity index (χ0n) is 18.5. The molecule has 168 valence electrons. The second-order valence-electron chi connectivity index (χ2n) is 8.70. The molecule has 4 aromatic rings. The van der Waals surface area contributed by atoms with Crippen molar-refractivity contribution < 1.29 is 14.7 Å². The van der Waals surface area contributed by atoms with E-state index in [0.29, 0.717) is 5.69 Å². The molecule has 4 nitrogen and oxygen atoms in total. The van der Waals surface area contributed by atoms with Crippen LogP contribution in [0.2, 0.25) is 0 Å². The summed E-state index contributed by atoms with van der Waals surface area (Å²) < 4.78 is 0. The van der Waals surface area contributed by atoms with Gasteiger partial charge in [0.2, 0.25) is 5.91 Å². The van der Waals surface area contributed by atoms with Crippen LogP contribution in [-0.2, 0) is 9.59 Å². The maximum Gasteiger partial charge on any atom is 0.307 e. The number of carbonyl (C=O) groups is 2. The van der Waals surface area contributed by atoms with E-state index in [2.05, 4.69) is 5.32 Å². The van der Waals surface area contributed by atoms with E-state index in [0.717, 1.165) is 22.3 Å². The van der Waals surface area contributed by atoms with Crippen LogP contribution >= 0.6 is 0 Å². The first-order chi connectivity index (χ1) is 16.6. The van der Waals surface area contributed by atoms with Gasteiger partial charge in [-0.2, -0.15) is 0 Å². The van der Waals surface area contributed by atoms with Crippen molar-refractivity contribution in [3.8, 4) is 11.1 Å². The van der Waals surface area contributed by atoms with Crippen molar-refractivity contribution in [2.45, 2.75) is 11.8 Å². The van der Waals surface area contributed by atoms with E-state index in [1.54, 1.807) is 0 Å². The van der Waals surface area contributed by atoms with Gasteiger partial charge in [0.05, 0.1) is 11.8 Å². The highest BCUT2D eigenvalue weighted by Gasteiger charge is 2.58. The van der Waals surface area contributed by atoms with Gasteiger partial charge in [0.1, 0.15) is 0 Å². The van der Waals surface area contributed by atoms with Gasteiger partial charge in [-0.05, 0) is 34.4 Å². The average Bonchev–Trinajstić information content (AvgIpc) is 2.85. The predicted molar refractivity (Wildman–Crippen MR) is 133 cm³/mol. The SMILES string of the molecule is O=C(O)C1[C@H](c2ccccc2)C(C(=O)Nc2cccc(-c3ccccc3)c2)[C@H]1c1ccccc1. The summed E-state index contributed by atoms with van der Waals surface area (Å²) in [4.78, 5) is 26.0. The molecule has 0 unspecified atom stereocenters. The quantitative estimate of drug-likeness (QED) is 0.370. The molecule has 34 heavy (non-hydrogen) atoms. The van der Waals surface area contributed by atoms with Gasteiger partial charge in [-0.1, -0.05) is 103 Å². The van der Waals surface area contributed by atoms with Crippen LogP contribution in [0.4, 0.5) is 5.69 Å². The molecule has 1 aliphatic rings. The minimum Gasteiger partial charge on any atom is -0.481 e. The lowest BCUT2D eigenvalue weighted by Crippen LogP contribution is -2.52. The van der Waals surface area contributed by atoms with Crippen LogP contribution in [0.5, 0.6) is 0 Å². The van der Waals surface area contributed by atoms with Gasteiger partial charge in [-0.25, -0.2) is 0 Å². The summed E-state index contributed by atoms with van der Waals surface area (Å²) in [6.45, 7) is 0. The topological polar surface area (TPSA) is 66.4 Å². The Morgan fingerprint density at radius 3 is 1.62 bits per heavy atom. The smallest absolute Gasteiger partial charge is 0.307 e. The fourth-order valence-corrected chi connectivity index (χ4v) is 5.19. The van der Waals surface area contributed by atoms with Crippen molar-refractivity contribution in [3.63, 3.8) is 0 Å². The fourth-order valence-electron chi connectivity index (χ4n) is 5.19. The number of amides is 1. The maximum atomic E-state index is 13.7. The first-order valence-corrected chi connectivity index (χ1v) is 11.4. The Morgan fingerprint density at radius 1 is 0.588 bits per heavy atom. The van der Waals surface area contributed by atoms with E-state index in [4.69, 9.17) is 0 Å². The Morgan fingerprint density at radius 2 is 1.09 bits per heavy atom. The summed E-state index contributed by atoms with van der Waals surface area (Å²) in [5.74, 6) is -3.01. The number of aliphatic carboxylic acids is 1. The molecule has 0 bridgehead atoms. The fraction of sp³-hybridized carbons (Fsp3) is 0.133. The van der Waals surface area contributed by atoms with E-state index in [1.165, 1.54) is 0 Å². The van der Waals surface area contributed by atoms with Gasteiger partial charge < -0.3 is 10.4 Å². The number of anilines is 1. The molecule has 1 fully saturated rings. The molecule has 0 spiro atoms. The Labute approximate surface area is 198 Å². The summed E-state index contributed by atoms with van der Waals surface area (Å²) in [6.07, 6.45) is 0. The lowest BCUT2D eigenvalue weighted by Gasteiger charge is -2.49. The first-order valence-electron chi connectivity index (χ1n) is 11.4. The normalized spacial score (nSPS) is 21.3. The molecule has 1 amide bonds. The highest BCUT2D eigenvalue weighted by atomic mass is 16.4. The lowest BCUT2D eigenvalue weighted by atomic mass is 9.52. The van der Waals surface area contributed by atoms with Gasteiger partial charge >= 0.3 is 5.97 Å². The Hall–Kier alpha value is -4.18. The number of benzene rings is 4. The zero-order valence-corrected chi connectivity index (χ0v) is 18.5. The minimum absolute atomic E-state index is 0.162. The molecule has 0 aromatic heterocycles. The molecular weight excluding hydrogens is 422 g/mol. The standard InChI is InChI=1S/C30H25NO3/c32-29(31-24-18-10-17-23(19-24)20-11-4-1-5-12-20)27-25(21-13-6-2-7-14-21)28(30(33)34)26(27)22-15-8-3-9-16-22/h1-19,25-28H,(H,31,32)(H,33,34)/t25-,26-,27?,28?/m1/s1. The summed E-state index contributed by atoms with van der Waals surface area (Å²) >= 11 is 0. The molecule has 1 saturated carbocycles. The molecule has 0 aliphatic heterocycles. The van der Waals surface area contributed by atoms with Crippen LogP contribution in [-0.4, -0.2) is 17.0 Å². The van der Waals surface area contributed by atoms with E-state index < -0.39 is 29.6 Å². The van der Waals surface area contributed by atoms with E-state index >= 15 is 0 Å². The molecule has 5 rings (SSSR count). The third-order valence-electron chi connectivity index (χ3n) is 6.74. The van der Waals surface area contributed by atoms with Gasteiger partial charge in [-0.15, -0.1) is 0 Å². The molecule has 1 aliphatic carbocycles. The maximum absolute atomic E-state index is 13.7. The van der Waals surface area contributed by atoms with Crippen LogP contribution in [0, 0.1) is 11.8 Å². The second kappa shape index (κ2) is 9.36. The zero-order chi connectivity index (χ0) is 23.5. The van der Waals surface area contributed by atoms with Crippen LogP contribution in [0.1, 0.15) is 23.0 Å². The Bertz CT molecular complexity index is 1240. The molecule has 2 atom stereocenters. The van der Waals surface area contributed by atoms with E-state index in [-0.39, 0.29) is 5.91 Å². The molecular formula is C30H25NO3. The van der Waals surface area contributed by atoms with Crippen LogP contribution in [0.25, 0.3) is 11.1 Å². The molecule has 2 N–H and O–H groups in total. The van der Waals surface area contributed by atoms with Crippen molar-refractivity contribution in [2.24, 2.45) is 11.8 Å². The number of rotatable bonds is 6. The van der Waals surface area contributed by atoms with Crippen molar-refractivity contribution in [3.05, 3.63) is 126 Å². The third kappa shape index (κ3) is 4.11. The van der Waals surface area contributed by atoms with Crippen molar-refractivity contribution >= 4 is 17.6 Å². The number of carboxylic acids is 1. The summed E-state index contributed by atoms with van der Waals surface area (Å²) in [6, 6.07) is 36.8. The number of hydrogen-bond acceptors (Lipinski definition) is 2. The molecule has 0 heterocycles. The third-order valence-corrected chi connectivity index (χ3v) is 6.74. The largest absolute Gasteiger partial charge is 0.481 e. The second-order valence-corrected chi connectivity index (χ2v) is 8.70.